The minimum absolute atomic E-state index is 0.0492. The van der Waals surface area contributed by atoms with E-state index in [1.54, 1.807) is 0 Å². The number of nitrogens with zero attached hydrogens (tertiary/aromatic N) is 1. The lowest BCUT2D eigenvalue weighted by molar-refractivity contribution is 0.335. The number of nitrogens with one attached hydrogen (secondary N) is 2. The van der Waals surface area contributed by atoms with Gasteiger partial charge in [-0.25, -0.2) is 9.44 Å². The van der Waals surface area contributed by atoms with Crippen molar-refractivity contribution in [1.29, 1.82) is 0 Å². The number of methoxy groups -OCH3 is 1. The molecular formula is C26H29F2N3O4S3. The van der Waals surface area contributed by atoms with Crippen LogP contribution in [0.25, 0.3) is 0 Å². The molecule has 0 aromatic heterocycles. The third kappa shape index (κ3) is 8.18. The van der Waals surface area contributed by atoms with Gasteiger partial charge in [0.05, 0.1) is 12.8 Å². The van der Waals surface area contributed by atoms with E-state index in [0.29, 0.717) is 24.6 Å². The van der Waals surface area contributed by atoms with Crippen LogP contribution in [0, 0.1) is 0 Å². The minimum atomic E-state index is -4.18. The Balaban J connectivity index is 1.92. The summed E-state index contributed by atoms with van der Waals surface area (Å²) in [6.45, 7) is 4.55. The average molecular weight is 582 g/mol. The fourth-order valence-electron chi connectivity index (χ4n) is 3.82. The summed E-state index contributed by atoms with van der Waals surface area (Å²) in [5, 5.41) is 4.18. The van der Waals surface area contributed by atoms with Gasteiger partial charge in [-0.2, -0.15) is 8.42 Å². The van der Waals surface area contributed by atoms with Gasteiger partial charge in [-0.3, -0.25) is 4.28 Å². The highest BCUT2D eigenvalue weighted by Crippen LogP contribution is 2.29. The van der Waals surface area contributed by atoms with E-state index < -0.39 is 10.1 Å². The van der Waals surface area contributed by atoms with Crippen LogP contribution in [0.1, 0.15) is 47.9 Å². The molecule has 0 saturated heterocycles. The number of rotatable bonds is 14. The third-order valence-corrected chi connectivity index (χ3v) is 7.72. The molecule has 0 aliphatic heterocycles. The van der Waals surface area contributed by atoms with Crippen LogP contribution in [-0.4, -0.2) is 21.2 Å². The first-order valence-electron chi connectivity index (χ1n) is 11.6. The molecule has 38 heavy (non-hydrogen) atoms. The molecule has 12 heteroatoms. The van der Waals surface area contributed by atoms with Crippen LogP contribution in [0.3, 0.4) is 0 Å². The molecule has 0 aliphatic rings. The summed E-state index contributed by atoms with van der Waals surface area (Å²) in [6.07, 6.45) is 0. The second-order valence-electron chi connectivity index (χ2n) is 8.44. The first kappa shape index (κ1) is 29.9. The summed E-state index contributed by atoms with van der Waals surface area (Å²) in [4.78, 5) is -0.0492. The smallest absolute Gasteiger partial charge is 0.358 e. The normalized spacial score (nSPS) is 13.0. The van der Waals surface area contributed by atoms with E-state index in [1.807, 2.05) is 62.4 Å². The second-order valence-corrected chi connectivity index (χ2v) is 10.9. The number of hydrogen-bond acceptors (Lipinski definition) is 9. The van der Waals surface area contributed by atoms with Crippen molar-refractivity contribution >= 4 is 40.5 Å². The molecule has 3 rings (SSSR count). The Kier molecular flexibility index (Phi) is 11.4. The number of benzene rings is 3. The van der Waals surface area contributed by atoms with Gasteiger partial charge in [0.1, 0.15) is 35.3 Å². The van der Waals surface area contributed by atoms with Gasteiger partial charge in [0, 0.05) is 24.9 Å². The van der Waals surface area contributed by atoms with Crippen molar-refractivity contribution in [2.75, 3.05) is 7.11 Å². The summed E-state index contributed by atoms with van der Waals surface area (Å²) >= 11 is 0.109. The lowest BCUT2D eigenvalue weighted by Gasteiger charge is -2.21. The Morgan fingerprint density at radius 3 is 1.66 bits per heavy atom. The Bertz CT molecular complexity index is 1230. The highest BCUT2D eigenvalue weighted by molar-refractivity contribution is 7.92. The van der Waals surface area contributed by atoms with Gasteiger partial charge in [0.25, 0.3) is 0 Å². The largest absolute Gasteiger partial charge is 0.497 e. The lowest BCUT2D eigenvalue weighted by Crippen LogP contribution is -2.19. The van der Waals surface area contributed by atoms with E-state index in [0.717, 1.165) is 22.3 Å². The van der Waals surface area contributed by atoms with E-state index in [2.05, 4.69) is 14.6 Å². The molecule has 0 spiro atoms. The molecule has 3 aromatic rings. The van der Waals surface area contributed by atoms with Gasteiger partial charge in [0.2, 0.25) is 0 Å². The number of oxime groups is 1. The predicted octanol–water partition coefficient (Wildman–Crippen LogP) is 6.61. The number of ether oxygens (including phenoxy) is 1. The molecular weight excluding hydrogens is 553 g/mol. The molecule has 0 aliphatic carbocycles. The van der Waals surface area contributed by atoms with Crippen LogP contribution in [0.15, 0.2) is 82.8 Å². The summed E-state index contributed by atoms with van der Waals surface area (Å²) in [7, 11) is -2.69. The van der Waals surface area contributed by atoms with Crippen molar-refractivity contribution in [1.82, 2.24) is 9.44 Å². The van der Waals surface area contributed by atoms with Crippen molar-refractivity contribution in [3.8, 4) is 5.75 Å². The second kappa shape index (κ2) is 14.5. The van der Waals surface area contributed by atoms with E-state index in [4.69, 9.17) is 9.02 Å². The molecule has 0 bridgehead atoms. The zero-order valence-corrected chi connectivity index (χ0v) is 23.5. The van der Waals surface area contributed by atoms with Gasteiger partial charge in [-0.05, 0) is 46.5 Å². The van der Waals surface area contributed by atoms with Crippen molar-refractivity contribution in [3.63, 3.8) is 0 Å². The zero-order valence-electron chi connectivity index (χ0n) is 21.1. The molecule has 0 heterocycles. The van der Waals surface area contributed by atoms with Crippen LogP contribution >= 0.6 is 24.7 Å². The van der Waals surface area contributed by atoms with Crippen LogP contribution in [0.4, 0.5) is 7.77 Å². The van der Waals surface area contributed by atoms with E-state index >= 15 is 0 Å². The number of hydrogen-bond donors (Lipinski definition) is 2. The van der Waals surface area contributed by atoms with Crippen LogP contribution in [0.5, 0.6) is 5.75 Å². The maximum atomic E-state index is 12.9. The SMILES string of the molecule is COc1ccc(S(=O)(=O)ON=C(C(C)c2ccc(CNSF)cc2)C(C)c2ccc(CNSF)cc2)cc1. The van der Waals surface area contributed by atoms with E-state index in [-0.39, 0.29) is 41.4 Å². The molecule has 0 amide bonds. The zero-order chi connectivity index (χ0) is 27.5. The average Bonchev–Trinajstić information content (AvgIpc) is 2.95. The first-order valence-corrected chi connectivity index (χ1v) is 14.5. The third-order valence-electron chi connectivity index (χ3n) is 6.10. The molecule has 204 valence electrons. The quantitative estimate of drug-likeness (QED) is 0.125. The fourth-order valence-corrected chi connectivity index (χ4v) is 5.00. The van der Waals surface area contributed by atoms with Gasteiger partial charge < -0.3 is 4.74 Å². The lowest BCUT2D eigenvalue weighted by atomic mass is 9.84. The van der Waals surface area contributed by atoms with Crippen LogP contribution in [-0.2, 0) is 27.5 Å². The first-order chi connectivity index (χ1) is 18.3. The Labute approximate surface area is 231 Å². The van der Waals surface area contributed by atoms with E-state index in [1.165, 1.54) is 31.4 Å². The molecule has 7 nitrogen and oxygen atoms in total. The maximum absolute atomic E-state index is 12.9. The standard InChI is InChI=1S/C26H29F2N3O4S3/c1-18(22-8-4-20(5-9-22)16-29-36-27)26(19(2)23-10-6-21(7-11-23)17-30-37-28)31-35-38(32,33)25-14-12-24(34-3)13-15-25/h4-15,18-19,29-30H,16-17H2,1-3H3. The Morgan fingerprint density at radius 1 is 0.816 bits per heavy atom. The maximum Gasteiger partial charge on any atom is 0.358 e. The Morgan fingerprint density at radius 2 is 1.26 bits per heavy atom. The summed E-state index contributed by atoms with van der Waals surface area (Å²) in [5.74, 6) is -0.0984. The predicted molar refractivity (Wildman–Crippen MR) is 149 cm³/mol. The molecule has 2 N–H and O–H groups in total. The minimum Gasteiger partial charge on any atom is -0.497 e. The van der Waals surface area contributed by atoms with Gasteiger partial charge in [0.15, 0.2) is 0 Å². The van der Waals surface area contributed by atoms with Crippen LogP contribution in [0.2, 0.25) is 0 Å². The highest BCUT2D eigenvalue weighted by atomic mass is 32.2. The van der Waals surface area contributed by atoms with Crippen molar-refractivity contribution in [2.45, 2.75) is 43.7 Å². The molecule has 2 atom stereocenters. The van der Waals surface area contributed by atoms with E-state index in [9.17, 15) is 16.2 Å². The summed E-state index contributed by atoms with van der Waals surface area (Å²) in [5.41, 5.74) is 4.06. The summed E-state index contributed by atoms with van der Waals surface area (Å²) in [6, 6.07) is 20.9. The van der Waals surface area contributed by atoms with Gasteiger partial charge in [-0.15, -0.1) is 7.77 Å². The van der Waals surface area contributed by atoms with Crippen LogP contribution < -0.4 is 14.2 Å². The molecule has 2 unspecified atom stereocenters. The monoisotopic (exact) mass is 581 g/mol. The Hall–Kier alpha value is -2.64. The van der Waals surface area contributed by atoms with Crippen molar-refractivity contribution in [2.24, 2.45) is 5.16 Å². The summed E-state index contributed by atoms with van der Waals surface area (Å²) < 4.78 is 65.9. The van der Waals surface area contributed by atoms with Gasteiger partial charge in [-0.1, -0.05) is 67.5 Å². The number of halogens is 2. The molecule has 3 aromatic carbocycles. The molecule has 0 fully saturated rings. The topological polar surface area (TPSA) is 89.0 Å². The van der Waals surface area contributed by atoms with Crippen molar-refractivity contribution < 1.29 is 25.2 Å². The highest BCUT2D eigenvalue weighted by Gasteiger charge is 2.24. The fraction of sp³-hybridized carbons (Fsp3) is 0.269. The molecule has 0 radical (unpaired) electrons. The molecule has 0 saturated carbocycles. The van der Waals surface area contributed by atoms with Gasteiger partial charge >= 0.3 is 10.1 Å². The van der Waals surface area contributed by atoms with Crippen molar-refractivity contribution in [3.05, 3.63) is 95.1 Å².